The highest BCUT2D eigenvalue weighted by atomic mass is 14.2. The Balaban J connectivity index is 0.951. The van der Waals surface area contributed by atoms with E-state index in [1.54, 1.807) is 0 Å². The molecule has 0 aromatic heterocycles. The molecule has 0 saturated carbocycles. The summed E-state index contributed by atoms with van der Waals surface area (Å²) in [6.45, 7) is 0. The summed E-state index contributed by atoms with van der Waals surface area (Å²) in [7, 11) is 0. The Hall–Kier alpha value is -9.10. The highest BCUT2D eigenvalue weighted by molar-refractivity contribution is 6.24. The third-order valence-corrected chi connectivity index (χ3v) is 14.8. The zero-order valence-electron chi connectivity index (χ0n) is 38.4. The van der Waals surface area contributed by atoms with Crippen molar-refractivity contribution in [2.75, 3.05) is 0 Å². The molecule has 14 aromatic rings. The molecule has 0 nitrogen and oxygen atoms in total. The van der Waals surface area contributed by atoms with Crippen LogP contribution in [0.25, 0.3) is 142 Å². The van der Waals surface area contributed by atoms with Gasteiger partial charge in [0.25, 0.3) is 0 Å². The van der Waals surface area contributed by atoms with E-state index in [2.05, 4.69) is 267 Å². The summed E-state index contributed by atoms with van der Waals surface area (Å²) in [6.07, 6.45) is 0. The van der Waals surface area contributed by atoms with Crippen molar-refractivity contribution < 1.29 is 0 Å². The first kappa shape index (κ1) is 40.0. The number of fused-ring (bicyclic) bond motifs is 7. The fourth-order valence-corrected chi connectivity index (χ4v) is 11.6. The molecule has 0 N–H and O–H groups in total. The van der Waals surface area contributed by atoms with Crippen LogP contribution in [0.5, 0.6) is 0 Å². The summed E-state index contributed by atoms with van der Waals surface area (Å²) in [5.41, 5.74) is 14.8. The van der Waals surface area contributed by atoms with E-state index in [0.29, 0.717) is 0 Å². The molecule has 0 aliphatic carbocycles. The molecule has 324 valence electrons. The Morgan fingerprint density at radius 2 is 0.500 bits per heavy atom. The Morgan fingerprint density at radius 1 is 0.143 bits per heavy atom. The van der Waals surface area contributed by atoms with E-state index in [0.717, 1.165) is 0 Å². The first-order valence-electron chi connectivity index (χ1n) is 24.3. The van der Waals surface area contributed by atoms with Gasteiger partial charge in [0, 0.05) is 0 Å². The van der Waals surface area contributed by atoms with Gasteiger partial charge >= 0.3 is 0 Å². The third kappa shape index (κ3) is 6.45. The molecule has 0 unspecified atom stereocenters. The lowest BCUT2D eigenvalue weighted by Gasteiger charge is -2.20. The van der Waals surface area contributed by atoms with Crippen LogP contribution in [0.2, 0.25) is 0 Å². The summed E-state index contributed by atoms with van der Waals surface area (Å²) in [5.74, 6) is 0. The lowest BCUT2D eigenvalue weighted by molar-refractivity contribution is 1.62. The standard InChI is InChI=1S/C70H44/c1-3-19-50-42-53(38-34-45(50)16-1)68-59-25-9-10-26-60(59)69(54-39-35-46-17-2-4-20-51(46)43-54)66-44-52(40-41-65(66)68)47-32-36-49(37-33-47)67-61-27-11-13-29-63(61)70(64-30-14-12-28-62(64)67)58-24-8-7-23-57(58)56-31-15-21-48-18-5-6-22-55(48)56/h1-44H. The minimum absolute atomic E-state index is 1.18. The molecule has 0 amide bonds. The molecule has 0 spiro atoms. The third-order valence-electron chi connectivity index (χ3n) is 14.8. The van der Waals surface area contributed by atoms with Crippen LogP contribution in [-0.2, 0) is 0 Å². The van der Waals surface area contributed by atoms with Crippen LogP contribution in [-0.4, -0.2) is 0 Å². The topological polar surface area (TPSA) is 0 Å². The molecule has 0 aliphatic heterocycles. The zero-order chi connectivity index (χ0) is 46.1. The normalized spacial score (nSPS) is 11.7. The molecular formula is C70H44. The fraction of sp³-hybridized carbons (Fsp3) is 0. The van der Waals surface area contributed by atoms with Crippen LogP contribution in [0.4, 0.5) is 0 Å². The first-order chi connectivity index (χ1) is 34.7. The van der Waals surface area contributed by atoms with Gasteiger partial charge in [-0.25, -0.2) is 0 Å². The average molecular weight is 885 g/mol. The molecule has 70 heavy (non-hydrogen) atoms. The highest BCUT2D eigenvalue weighted by Gasteiger charge is 2.21. The molecule has 0 atom stereocenters. The zero-order valence-corrected chi connectivity index (χ0v) is 38.4. The summed E-state index contributed by atoms with van der Waals surface area (Å²) in [4.78, 5) is 0. The molecule has 14 rings (SSSR count). The molecule has 0 heterocycles. The van der Waals surface area contributed by atoms with Crippen LogP contribution in [0.3, 0.4) is 0 Å². The van der Waals surface area contributed by atoms with Gasteiger partial charge in [-0.2, -0.15) is 0 Å². The van der Waals surface area contributed by atoms with E-state index in [1.807, 2.05) is 0 Å². The quantitative estimate of drug-likeness (QED) is 0.146. The van der Waals surface area contributed by atoms with E-state index in [1.165, 1.54) is 142 Å². The minimum atomic E-state index is 1.18. The Morgan fingerprint density at radius 3 is 1.07 bits per heavy atom. The number of hydrogen-bond acceptors (Lipinski definition) is 0. The van der Waals surface area contributed by atoms with Crippen molar-refractivity contribution in [3.05, 3.63) is 267 Å². The first-order valence-corrected chi connectivity index (χ1v) is 24.3. The van der Waals surface area contributed by atoms with E-state index in [4.69, 9.17) is 0 Å². The molecule has 0 radical (unpaired) electrons. The van der Waals surface area contributed by atoms with Gasteiger partial charge in [-0.3, -0.25) is 0 Å². The monoisotopic (exact) mass is 884 g/mol. The molecule has 0 saturated heterocycles. The van der Waals surface area contributed by atoms with Crippen molar-refractivity contribution in [3.8, 4) is 66.8 Å². The van der Waals surface area contributed by atoms with E-state index < -0.39 is 0 Å². The average Bonchev–Trinajstić information content (AvgIpc) is 3.43. The largest absolute Gasteiger partial charge is 0.0616 e. The van der Waals surface area contributed by atoms with Crippen LogP contribution in [0.1, 0.15) is 0 Å². The number of benzene rings is 14. The van der Waals surface area contributed by atoms with Crippen molar-refractivity contribution in [3.63, 3.8) is 0 Å². The van der Waals surface area contributed by atoms with Crippen LogP contribution in [0, 0.1) is 0 Å². The maximum absolute atomic E-state index is 2.44. The van der Waals surface area contributed by atoms with Gasteiger partial charge in [-0.05, 0) is 160 Å². The second kappa shape index (κ2) is 16.3. The fourth-order valence-electron chi connectivity index (χ4n) is 11.6. The maximum Gasteiger partial charge on any atom is -0.00201 e. The van der Waals surface area contributed by atoms with Gasteiger partial charge in [-0.1, -0.05) is 249 Å². The molecule has 0 aliphatic rings. The molecule has 0 fully saturated rings. The van der Waals surface area contributed by atoms with Gasteiger partial charge in [0.05, 0.1) is 0 Å². The second-order valence-electron chi connectivity index (χ2n) is 18.7. The minimum Gasteiger partial charge on any atom is -0.0616 e. The van der Waals surface area contributed by atoms with Crippen LogP contribution in [0.15, 0.2) is 267 Å². The smallest absolute Gasteiger partial charge is 0.00201 e. The summed E-state index contributed by atoms with van der Waals surface area (Å²) in [5, 5.41) is 17.5. The Kier molecular flexibility index (Phi) is 9.32. The predicted octanol–water partition coefficient (Wildman–Crippen LogP) is 19.8. The number of hydrogen-bond donors (Lipinski definition) is 0. The lowest BCUT2D eigenvalue weighted by atomic mass is 9.83. The van der Waals surface area contributed by atoms with Gasteiger partial charge in [0.15, 0.2) is 0 Å². The molecule has 0 bridgehead atoms. The van der Waals surface area contributed by atoms with Crippen molar-refractivity contribution in [1.29, 1.82) is 0 Å². The summed E-state index contributed by atoms with van der Waals surface area (Å²) < 4.78 is 0. The van der Waals surface area contributed by atoms with Crippen molar-refractivity contribution in [1.82, 2.24) is 0 Å². The van der Waals surface area contributed by atoms with Gasteiger partial charge in [0.1, 0.15) is 0 Å². The van der Waals surface area contributed by atoms with Crippen LogP contribution >= 0.6 is 0 Å². The van der Waals surface area contributed by atoms with E-state index >= 15 is 0 Å². The van der Waals surface area contributed by atoms with Crippen molar-refractivity contribution in [2.24, 2.45) is 0 Å². The van der Waals surface area contributed by atoms with E-state index in [-0.39, 0.29) is 0 Å². The van der Waals surface area contributed by atoms with Crippen molar-refractivity contribution >= 4 is 75.4 Å². The summed E-state index contributed by atoms with van der Waals surface area (Å²) in [6, 6.07) is 99.0. The Labute approximate surface area is 407 Å². The SMILES string of the molecule is c1ccc(-c2c3ccccc3c(-c3ccc(-c4ccc5c(-c6ccc7ccccc7c6)c6ccccc6c(-c6ccc7ccccc7c6)c5c4)cc3)c3ccccc23)c(-c2cccc3ccccc23)c1. The van der Waals surface area contributed by atoms with Crippen LogP contribution < -0.4 is 0 Å². The molecular weight excluding hydrogens is 841 g/mol. The second-order valence-corrected chi connectivity index (χ2v) is 18.7. The van der Waals surface area contributed by atoms with Gasteiger partial charge < -0.3 is 0 Å². The molecule has 14 aromatic carbocycles. The lowest BCUT2D eigenvalue weighted by Crippen LogP contribution is -1.93. The van der Waals surface area contributed by atoms with E-state index in [9.17, 15) is 0 Å². The predicted molar refractivity (Wildman–Crippen MR) is 302 cm³/mol. The maximum atomic E-state index is 2.44. The molecule has 0 heteroatoms. The highest BCUT2D eigenvalue weighted by Crippen LogP contribution is 2.49. The Bertz CT molecular complexity index is 4340. The van der Waals surface area contributed by atoms with Gasteiger partial charge in [0.2, 0.25) is 0 Å². The van der Waals surface area contributed by atoms with Gasteiger partial charge in [-0.15, -0.1) is 0 Å². The summed E-state index contributed by atoms with van der Waals surface area (Å²) >= 11 is 0. The number of rotatable bonds is 6. The van der Waals surface area contributed by atoms with Crippen molar-refractivity contribution in [2.45, 2.75) is 0 Å².